The molecule has 0 aromatic heterocycles. The first-order valence-corrected chi connectivity index (χ1v) is 4.92. The topological polar surface area (TPSA) is 66.5 Å². The molecule has 10 heteroatoms. The lowest BCUT2D eigenvalue weighted by Gasteiger charge is -2.41. The molecule has 3 amide bonds. The average molecular weight is 288 g/mol. The molecule has 1 aliphatic heterocycles. The van der Waals surface area contributed by atoms with Crippen LogP contribution in [0.4, 0.5) is 22.0 Å². The molecular formula is C9H9F5N2O3. The minimum atomic E-state index is -6.10. The van der Waals surface area contributed by atoms with Crippen molar-refractivity contribution >= 4 is 17.7 Å². The quantitative estimate of drug-likeness (QED) is 0.562. The van der Waals surface area contributed by atoms with E-state index in [4.69, 9.17) is 0 Å². The van der Waals surface area contributed by atoms with Crippen LogP contribution in [-0.4, -0.2) is 46.8 Å². The lowest BCUT2D eigenvalue weighted by molar-refractivity contribution is -0.276. The predicted octanol–water partition coefficient (Wildman–Crippen LogP) is 0.448. The first kappa shape index (κ1) is 15.3. The van der Waals surface area contributed by atoms with Gasteiger partial charge in [0.1, 0.15) is 12.1 Å². The number of alkyl halides is 5. The highest BCUT2D eigenvalue weighted by atomic mass is 19.4. The van der Waals surface area contributed by atoms with Crippen molar-refractivity contribution in [1.82, 2.24) is 10.2 Å². The van der Waals surface area contributed by atoms with Gasteiger partial charge in [-0.1, -0.05) is 0 Å². The summed E-state index contributed by atoms with van der Waals surface area (Å²) in [5.74, 6) is -10.6. The first-order chi connectivity index (χ1) is 8.31. The summed E-state index contributed by atoms with van der Waals surface area (Å²) in [7, 11) is 0. The van der Waals surface area contributed by atoms with Crippen molar-refractivity contribution in [3.63, 3.8) is 0 Å². The Morgan fingerprint density at radius 3 is 2.11 bits per heavy atom. The summed E-state index contributed by atoms with van der Waals surface area (Å²) in [6.07, 6.45) is -6.10. The summed E-state index contributed by atoms with van der Waals surface area (Å²) in [6.45, 7) is 0.863. The number of hydrogen-bond donors (Lipinski definition) is 1. The molecule has 1 aliphatic rings. The number of imide groups is 1. The zero-order valence-electron chi connectivity index (χ0n) is 9.77. The van der Waals surface area contributed by atoms with Crippen LogP contribution in [0.5, 0.6) is 0 Å². The normalized spacial score (nSPS) is 20.3. The standard InChI is InChI=1S/C9H9F5N2O3/c1-7(2)5(18)15-4(17)3-16(7)6(19)8(10,11)9(12,13)14/h3H2,1-2H3,(H,15,17,18). The SMILES string of the molecule is CC1(C)C(=O)NC(=O)CN1C(=O)C(F)(F)C(F)(F)F. The molecular weight excluding hydrogens is 279 g/mol. The van der Waals surface area contributed by atoms with E-state index in [-0.39, 0.29) is 4.90 Å². The van der Waals surface area contributed by atoms with Gasteiger partial charge >= 0.3 is 18.0 Å². The summed E-state index contributed by atoms with van der Waals surface area (Å²) in [4.78, 5) is 33.6. The van der Waals surface area contributed by atoms with Gasteiger partial charge in [0.15, 0.2) is 0 Å². The Hall–Kier alpha value is -1.74. The molecule has 0 aromatic rings. The van der Waals surface area contributed by atoms with Crippen LogP contribution in [0, 0.1) is 0 Å². The van der Waals surface area contributed by atoms with E-state index in [1.54, 1.807) is 5.32 Å². The summed E-state index contributed by atoms with van der Waals surface area (Å²) >= 11 is 0. The second-order valence-corrected chi connectivity index (χ2v) is 4.40. The van der Waals surface area contributed by atoms with E-state index in [1.165, 1.54) is 0 Å². The second kappa shape index (κ2) is 4.14. The lowest BCUT2D eigenvalue weighted by atomic mass is 9.97. The number of piperazine rings is 1. The molecule has 1 rings (SSSR count). The third kappa shape index (κ3) is 2.38. The van der Waals surface area contributed by atoms with Gasteiger partial charge in [-0.3, -0.25) is 19.7 Å². The monoisotopic (exact) mass is 288 g/mol. The number of halogens is 5. The van der Waals surface area contributed by atoms with Gasteiger partial charge in [0.2, 0.25) is 5.91 Å². The largest absolute Gasteiger partial charge is 0.463 e. The summed E-state index contributed by atoms with van der Waals surface area (Å²) in [5, 5.41) is 1.75. The van der Waals surface area contributed by atoms with Crippen LogP contribution in [0.3, 0.4) is 0 Å². The van der Waals surface area contributed by atoms with E-state index in [1.807, 2.05) is 0 Å². The maximum absolute atomic E-state index is 12.9. The number of carbonyl (C=O) groups excluding carboxylic acids is 3. The minimum Gasteiger partial charge on any atom is -0.314 e. The Labute approximate surface area is 103 Å². The maximum atomic E-state index is 12.9. The van der Waals surface area contributed by atoms with Gasteiger partial charge in [0, 0.05) is 0 Å². The third-order valence-corrected chi connectivity index (χ3v) is 2.65. The molecule has 0 radical (unpaired) electrons. The molecule has 0 saturated carbocycles. The molecule has 1 saturated heterocycles. The Balaban J connectivity index is 3.17. The number of rotatable bonds is 1. The fourth-order valence-electron chi connectivity index (χ4n) is 1.40. The number of hydrogen-bond acceptors (Lipinski definition) is 3. The van der Waals surface area contributed by atoms with Crippen LogP contribution in [-0.2, 0) is 14.4 Å². The smallest absolute Gasteiger partial charge is 0.314 e. The molecule has 0 atom stereocenters. The van der Waals surface area contributed by atoms with E-state index in [0.717, 1.165) is 13.8 Å². The second-order valence-electron chi connectivity index (χ2n) is 4.40. The minimum absolute atomic E-state index is 0.0817. The number of nitrogens with one attached hydrogen (secondary N) is 1. The number of nitrogens with zero attached hydrogens (tertiary/aromatic N) is 1. The van der Waals surface area contributed by atoms with Gasteiger partial charge in [-0.15, -0.1) is 0 Å². The fourth-order valence-corrected chi connectivity index (χ4v) is 1.40. The zero-order chi connectivity index (χ0) is 15.2. The van der Waals surface area contributed by atoms with Gasteiger partial charge < -0.3 is 4.90 Å². The van der Waals surface area contributed by atoms with Crippen molar-refractivity contribution in [3.05, 3.63) is 0 Å². The molecule has 5 nitrogen and oxygen atoms in total. The molecule has 0 bridgehead atoms. The summed E-state index contributed by atoms with van der Waals surface area (Å²) in [5.41, 5.74) is -1.99. The molecule has 1 N–H and O–H groups in total. The summed E-state index contributed by atoms with van der Waals surface area (Å²) < 4.78 is 62.2. The van der Waals surface area contributed by atoms with Crippen LogP contribution in [0.25, 0.3) is 0 Å². The molecule has 0 spiro atoms. The van der Waals surface area contributed by atoms with Crippen molar-refractivity contribution in [2.45, 2.75) is 31.5 Å². The molecule has 0 unspecified atom stereocenters. The molecule has 1 fully saturated rings. The van der Waals surface area contributed by atoms with E-state index in [2.05, 4.69) is 0 Å². The molecule has 0 aliphatic carbocycles. The third-order valence-electron chi connectivity index (χ3n) is 2.65. The molecule has 1 heterocycles. The fraction of sp³-hybridized carbons (Fsp3) is 0.667. The zero-order valence-corrected chi connectivity index (χ0v) is 9.77. The number of carbonyl (C=O) groups is 3. The van der Waals surface area contributed by atoms with Crippen molar-refractivity contribution in [2.24, 2.45) is 0 Å². The van der Waals surface area contributed by atoms with E-state index in [0.29, 0.717) is 0 Å². The van der Waals surface area contributed by atoms with E-state index < -0.39 is 41.9 Å². The number of amides is 3. The molecule has 108 valence electrons. The highest BCUT2D eigenvalue weighted by Crippen LogP contribution is 2.38. The van der Waals surface area contributed by atoms with Crippen LogP contribution in [0.1, 0.15) is 13.8 Å². The van der Waals surface area contributed by atoms with Gasteiger partial charge in [-0.05, 0) is 13.8 Å². The van der Waals surface area contributed by atoms with Crippen molar-refractivity contribution in [3.8, 4) is 0 Å². The Bertz CT molecular complexity index is 444. The Morgan fingerprint density at radius 1 is 1.21 bits per heavy atom. The van der Waals surface area contributed by atoms with Crippen LogP contribution >= 0.6 is 0 Å². The van der Waals surface area contributed by atoms with Crippen molar-refractivity contribution in [2.75, 3.05) is 6.54 Å². The molecule has 0 aromatic carbocycles. The van der Waals surface area contributed by atoms with Gasteiger partial charge in [0.05, 0.1) is 0 Å². The summed E-state index contributed by atoms with van der Waals surface area (Å²) in [6, 6.07) is 0. The van der Waals surface area contributed by atoms with Gasteiger partial charge in [-0.2, -0.15) is 22.0 Å². The highest BCUT2D eigenvalue weighted by Gasteiger charge is 2.66. The van der Waals surface area contributed by atoms with E-state index in [9.17, 15) is 36.3 Å². The Morgan fingerprint density at radius 2 is 1.68 bits per heavy atom. The van der Waals surface area contributed by atoms with Crippen LogP contribution < -0.4 is 5.32 Å². The van der Waals surface area contributed by atoms with Crippen molar-refractivity contribution < 1.29 is 36.3 Å². The first-order valence-electron chi connectivity index (χ1n) is 4.92. The van der Waals surface area contributed by atoms with Crippen molar-refractivity contribution in [1.29, 1.82) is 0 Å². The predicted molar refractivity (Wildman–Crippen MR) is 49.9 cm³/mol. The van der Waals surface area contributed by atoms with E-state index >= 15 is 0 Å². The highest BCUT2D eigenvalue weighted by molar-refractivity contribution is 6.07. The van der Waals surface area contributed by atoms with Gasteiger partial charge in [-0.25, -0.2) is 0 Å². The Kier molecular flexibility index (Phi) is 3.33. The van der Waals surface area contributed by atoms with Gasteiger partial charge in [0.25, 0.3) is 5.91 Å². The van der Waals surface area contributed by atoms with Crippen LogP contribution in [0.15, 0.2) is 0 Å². The molecule has 19 heavy (non-hydrogen) atoms. The maximum Gasteiger partial charge on any atom is 0.463 e. The van der Waals surface area contributed by atoms with Crippen LogP contribution in [0.2, 0.25) is 0 Å². The average Bonchev–Trinajstić information content (AvgIpc) is 2.21. The lowest BCUT2D eigenvalue weighted by Crippen LogP contribution is -2.69.